The van der Waals surface area contributed by atoms with E-state index in [1.165, 1.54) is 5.56 Å². The number of carbonyl (C=O) groups excluding carboxylic acids is 1. The molecule has 0 spiro atoms. The molecule has 2 unspecified atom stereocenters. The third-order valence-electron chi connectivity index (χ3n) is 3.42. The molecule has 0 bridgehead atoms. The van der Waals surface area contributed by atoms with Crippen LogP contribution in [0.15, 0.2) is 24.5 Å². The van der Waals surface area contributed by atoms with Gasteiger partial charge in [-0.05, 0) is 31.5 Å². The average molecular weight is 218 g/mol. The lowest BCUT2D eigenvalue weighted by Crippen LogP contribution is -2.42. The smallest absolute Gasteiger partial charge is 0.135 e. The molecule has 0 N–H and O–H groups in total. The predicted octanol–water partition coefficient (Wildman–Crippen LogP) is 2.20. The zero-order valence-corrected chi connectivity index (χ0v) is 9.89. The molecule has 1 aliphatic heterocycles. The highest BCUT2D eigenvalue weighted by Gasteiger charge is 2.27. The summed E-state index contributed by atoms with van der Waals surface area (Å²) in [6, 6.07) is 4.82. The first-order valence-corrected chi connectivity index (χ1v) is 5.86. The van der Waals surface area contributed by atoms with Gasteiger partial charge >= 0.3 is 0 Å². The van der Waals surface area contributed by atoms with Gasteiger partial charge in [-0.1, -0.05) is 0 Å². The Morgan fingerprint density at radius 2 is 2.12 bits per heavy atom. The fraction of sp³-hybridized carbons (Fsp3) is 0.538. The lowest BCUT2D eigenvalue weighted by atomic mass is 9.98. The number of pyridine rings is 1. The number of carbonyl (C=O) groups is 1. The molecule has 0 aromatic carbocycles. The normalized spacial score (nSPS) is 24.4. The van der Waals surface area contributed by atoms with Crippen molar-refractivity contribution in [3.05, 3.63) is 30.1 Å². The van der Waals surface area contributed by atoms with Crippen LogP contribution < -0.4 is 0 Å². The lowest BCUT2D eigenvalue weighted by molar-refractivity contribution is -0.123. The van der Waals surface area contributed by atoms with Crippen molar-refractivity contribution in [3.8, 4) is 0 Å². The van der Waals surface area contributed by atoms with Gasteiger partial charge < -0.3 is 0 Å². The van der Waals surface area contributed by atoms with Crippen LogP contribution in [0, 0.1) is 0 Å². The fourth-order valence-corrected chi connectivity index (χ4v) is 2.43. The highest BCUT2D eigenvalue weighted by Crippen LogP contribution is 2.26. The van der Waals surface area contributed by atoms with Crippen LogP contribution in [0.4, 0.5) is 0 Å². The maximum atomic E-state index is 11.3. The van der Waals surface area contributed by atoms with Crippen molar-refractivity contribution in [2.24, 2.45) is 0 Å². The number of rotatable bonds is 2. The second-order valence-corrected chi connectivity index (χ2v) is 4.54. The fourth-order valence-electron chi connectivity index (χ4n) is 2.43. The number of hydrogen-bond donors (Lipinski definition) is 0. The van der Waals surface area contributed by atoms with Crippen molar-refractivity contribution in [1.29, 1.82) is 0 Å². The van der Waals surface area contributed by atoms with E-state index >= 15 is 0 Å². The Balaban J connectivity index is 2.10. The van der Waals surface area contributed by atoms with Gasteiger partial charge in [0.25, 0.3) is 0 Å². The monoisotopic (exact) mass is 218 g/mol. The van der Waals surface area contributed by atoms with Gasteiger partial charge in [-0.2, -0.15) is 0 Å². The van der Waals surface area contributed by atoms with E-state index in [0.29, 0.717) is 30.7 Å². The van der Waals surface area contributed by atoms with Crippen LogP contribution in [-0.4, -0.2) is 28.3 Å². The SMILES string of the molecule is CC1CC(=O)CCN1C(C)c1ccncc1. The molecule has 3 heteroatoms. The van der Waals surface area contributed by atoms with Crippen molar-refractivity contribution < 1.29 is 4.79 Å². The average Bonchev–Trinajstić information content (AvgIpc) is 2.29. The zero-order valence-electron chi connectivity index (χ0n) is 9.89. The Kier molecular flexibility index (Phi) is 3.34. The first-order chi connectivity index (χ1) is 7.68. The summed E-state index contributed by atoms with van der Waals surface area (Å²) in [6.07, 6.45) is 5.03. The Morgan fingerprint density at radius 1 is 1.44 bits per heavy atom. The first-order valence-electron chi connectivity index (χ1n) is 5.86. The number of likely N-dealkylation sites (tertiary alicyclic amines) is 1. The van der Waals surface area contributed by atoms with Crippen LogP contribution in [0.1, 0.15) is 38.3 Å². The van der Waals surface area contributed by atoms with Gasteiger partial charge in [-0.25, -0.2) is 0 Å². The van der Waals surface area contributed by atoms with E-state index in [-0.39, 0.29) is 0 Å². The highest BCUT2D eigenvalue weighted by atomic mass is 16.1. The summed E-state index contributed by atoms with van der Waals surface area (Å²) in [5, 5.41) is 0. The van der Waals surface area contributed by atoms with E-state index in [9.17, 15) is 4.79 Å². The van der Waals surface area contributed by atoms with Crippen molar-refractivity contribution in [3.63, 3.8) is 0 Å². The minimum Gasteiger partial charge on any atom is -0.300 e. The van der Waals surface area contributed by atoms with E-state index in [0.717, 1.165) is 6.54 Å². The molecule has 0 amide bonds. The van der Waals surface area contributed by atoms with Crippen molar-refractivity contribution in [2.75, 3.05) is 6.54 Å². The maximum Gasteiger partial charge on any atom is 0.135 e. The largest absolute Gasteiger partial charge is 0.300 e. The van der Waals surface area contributed by atoms with Crippen molar-refractivity contribution >= 4 is 5.78 Å². The third-order valence-corrected chi connectivity index (χ3v) is 3.42. The van der Waals surface area contributed by atoms with E-state index in [2.05, 4.69) is 23.7 Å². The Hall–Kier alpha value is -1.22. The molecule has 2 heterocycles. The van der Waals surface area contributed by atoms with Crippen LogP contribution in [0.3, 0.4) is 0 Å². The Labute approximate surface area is 96.5 Å². The predicted molar refractivity (Wildman–Crippen MR) is 63.1 cm³/mol. The number of Topliss-reactive ketones (excluding diaryl/α,β-unsaturated/α-hetero) is 1. The van der Waals surface area contributed by atoms with Gasteiger partial charge in [0.05, 0.1) is 0 Å². The number of hydrogen-bond acceptors (Lipinski definition) is 3. The summed E-state index contributed by atoms with van der Waals surface area (Å²) < 4.78 is 0. The minimum atomic E-state index is 0.351. The van der Waals surface area contributed by atoms with Crippen molar-refractivity contribution in [1.82, 2.24) is 9.88 Å². The summed E-state index contributed by atoms with van der Waals surface area (Å²) >= 11 is 0. The summed E-state index contributed by atoms with van der Waals surface area (Å²) in [6.45, 7) is 5.21. The van der Waals surface area contributed by atoms with Gasteiger partial charge in [-0.3, -0.25) is 14.7 Å². The summed E-state index contributed by atoms with van der Waals surface area (Å²) in [5.74, 6) is 0.394. The van der Waals surface area contributed by atoms with E-state index in [1.807, 2.05) is 24.5 Å². The number of nitrogens with zero attached hydrogens (tertiary/aromatic N) is 2. The van der Waals surface area contributed by atoms with Gasteiger partial charge in [0.1, 0.15) is 5.78 Å². The zero-order chi connectivity index (χ0) is 11.5. The van der Waals surface area contributed by atoms with E-state index < -0.39 is 0 Å². The van der Waals surface area contributed by atoms with Gasteiger partial charge in [0, 0.05) is 43.9 Å². The second kappa shape index (κ2) is 4.74. The molecule has 0 aliphatic carbocycles. The molecule has 1 saturated heterocycles. The molecule has 1 aliphatic rings. The van der Waals surface area contributed by atoms with E-state index in [1.54, 1.807) is 0 Å². The van der Waals surface area contributed by atoms with Crippen LogP contribution in [0.25, 0.3) is 0 Å². The molecule has 3 nitrogen and oxygen atoms in total. The molecule has 86 valence electrons. The standard InChI is InChI=1S/C13H18N2O/c1-10-9-13(16)5-8-15(10)11(2)12-3-6-14-7-4-12/h3-4,6-7,10-11H,5,8-9H2,1-2H3. The molecular weight excluding hydrogens is 200 g/mol. The second-order valence-electron chi connectivity index (χ2n) is 4.54. The minimum absolute atomic E-state index is 0.351. The molecule has 0 saturated carbocycles. The maximum absolute atomic E-state index is 11.3. The van der Waals surface area contributed by atoms with Crippen LogP contribution in [0.2, 0.25) is 0 Å². The van der Waals surface area contributed by atoms with Crippen LogP contribution in [0.5, 0.6) is 0 Å². The van der Waals surface area contributed by atoms with Crippen molar-refractivity contribution in [2.45, 2.75) is 38.8 Å². The van der Waals surface area contributed by atoms with E-state index in [4.69, 9.17) is 0 Å². The quantitative estimate of drug-likeness (QED) is 0.763. The number of piperidine rings is 1. The first kappa shape index (κ1) is 11.3. The molecular formula is C13H18N2O. The Morgan fingerprint density at radius 3 is 2.75 bits per heavy atom. The molecule has 1 fully saturated rings. The topological polar surface area (TPSA) is 33.2 Å². The molecule has 16 heavy (non-hydrogen) atoms. The van der Waals surface area contributed by atoms with Gasteiger partial charge in [0.15, 0.2) is 0 Å². The summed E-state index contributed by atoms with van der Waals surface area (Å²) in [4.78, 5) is 17.8. The molecule has 2 rings (SSSR count). The summed E-state index contributed by atoms with van der Waals surface area (Å²) in [5.41, 5.74) is 1.27. The van der Waals surface area contributed by atoms with Gasteiger partial charge in [-0.15, -0.1) is 0 Å². The Bertz CT molecular complexity index is 363. The molecule has 2 atom stereocenters. The van der Waals surface area contributed by atoms with Crippen LogP contribution >= 0.6 is 0 Å². The molecule has 1 aromatic heterocycles. The van der Waals surface area contributed by atoms with Gasteiger partial charge in [0.2, 0.25) is 0 Å². The summed E-state index contributed by atoms with van der Waals surface area (Å²) in [7, 11) is 0. The van der Waals surface area contributed by atoms with Crippen LogP contribution in [-0.2, 0) is 4.79 Å². The molecule has 0 radical (unpaired) electrons. The lowest BCUT2D eigenvalue weighted by Gasteiger charge is -2.37. The highest BCUT2D eigenvalue weighted by molar-refractivity contribution is 5.79. The molecule has 1 aromatic rings. The number of aromatic nitrogens is 1. The number of ketones is 1. The third kappa shape index (κ3) is 2.30.